The van der Waals surface area contributed by atoms with Gasteiger partial charge in [-0.1, -0.05) is 40.2 Å². The number of hydrogen-bond donors (Lipinski definition) is 0. The number of nitrogens with zero attached hydrogens (tertiary/aromatic N) is 1. The van der Waals surface area contributed by atoms with Crippen molar-refractivity contribution in [2.24, 2.45) is 16.3 Å². The molecule has 0 aliphatic carbocycles. The van der Waals surface area contributed by atoms with Gasteiger partial charge in [0.15, 0.2) is 0 Å². The molecule has 0 aliphatic rings. The van der Waals surface area contributed by atoms with Crippen LogP contribution < -0.4 is 0 Å². The average molecular weight is 195 g/mol. The third-order valence-corrected chi connectivity index (χ3v) is 2.30. The van der Waals surface area contributed by atoms with Gasteiger partial charge in [-0.25, -0.2) is 0 Å². The summed E-state index contributed by atoms with van der Waals surface area (Å²) < 4.78 is 0. The van der Waals surface area contributed by atoms with Crippen LogP contribution in [0.15, 0.2) is 16.6 Å². The van der Waals surface area contributed by atoms with E-state index in [0.29, 0.717) is 11.3 Å². The molecule has 0 spiro atoms. The lowest BCUT2D eigenvalue weighted by molar-refractivity contribution is 0.434. The van der Waals surface area contributed by atoms with Gasteiger partial charge in [-0.3, -0.25) is 4.99 Å². The Bertz CT molecular complexity index is 226. The fourth-order valence-corrected chi connectivity index (χ4v) is 1.17. The van der Waals surface area contributed by atoms with Crippen molar-refractivity contribution in [2.45, 2.75) is 48.0 Å². The molecule has 0 atom stereocenters. The van der Waals surface area contributed by atoms with Crippen LogP contribution in [-0.2, 0) is 0 Å². The first-order chi connectivity index (χ1) is 6.26. The van der Waals surface area contributed by atoms with Crippen LogP contribution in [0.4, 0.5) is 0 Å². The number of allylic oxidation sites excluding steroid dienone is 2. The van der Waals surface area contributed by atoms with Gasteiger partial charge in [0.2, 0.25) is 0 Å². The van der Waals surface area contributed by atoms with Crippen molar-refractivity contribution in [3.05, 3.63) is 11.6 Å². The molecule has 0 aromatic carbocycles. The molecule has 0 aromatic rings. The number of hydrogen-bond acceptors (Lipinski definition) is 1. The zero-order valence-corrected chi connectivity index (χ0v) is 10.8. The Balaban J connectivity index is 4.55. The molecule has 0 unspecified atom stereocenters. The van der Waals surface area contributed by atoms with Gasteiger partial charge in [-0.05, 0) is 30.8 Å². The first-order valence-corrected chi connectivity index (χ1v) is 5.40. The van der Waals surface area contributed by atoms with E-state index >= 15 is 0 Å². The Morgan fingerprint density at radius 3 is 2.07 bits per heavy atom. The molecule has 0 bridgehead atoms. The highest BCUT2D eigenvalue weighted by molar-refractivity contribution is 5.95. The maximum absolute atomic E-state index is 4.34. The van der Waals surface area contributed by atoms with Gasteiger partial charge < -0.3 is 0 Å². The van der Waals surface area contributed by atoms with E-state index in [0.717, 1.165) is 6.42 Å². The third-order valence-electron chi connectivity index (χ3n) is 2.30. The number of rotatable bonds is 3. The summed E-state index contributed by atoms with van der Waals surface area (Å²) in [6.45, 7) is 13.4. The molecular formula is C13H25N. The molecule has 1 heteroatoms. The summed E-state index contributed by atoms with van der Waals surface area (Å²) in [6.07, 6.45) is 3.28. The van der Waals surface area contributed by atoms with Gasteiger partial charge in [0.25, 0.3) is 0 Å². The van der Waals surface area contributed by atoms with Crippen LogP contribution in [0.5, 0.6) is 0 Å². The lowest BCUT2D eigenvalue weighted by Gasteiger charge is -2.18. The van der Waals surface area contributed by atoms with Crippen molar-refractivity contribution in [3.8, 4) is 0 Å². The van der Waals surface area contributed by atoms with Crippen LogP contribution >= 0.6 is 0 Å². The van der Waals surface area contributed by atoms with Gasteiger partial charge in [0.1, 0.15) is 0 Å². The van der Waals surface area contributed by atoms with Crippen molar-refractivity contribution in [1.82, 2.24) is 0 Å². The Labute approximate surface area is 89.3 Å². The second-order valence-electron chi connectivity index (χ2n) is 5.50. The van der Waals surface area contributed by atoms with Crippen LogP contribution in [0, 0.1) is 11.3 Å². The minimum absolute atomic E-state index is 0.322. The minimum Gasteiger partial charge on any atom is -0.293 e. The first kappa shape index (κ1) is 13.4. The standard InChI is InChI=1S/C13H25N/c1-10(2)11(3)8-12(14-7)9-13(4,5)6/h8,10H,9H2,1-7H3/b11-8+,14-12+. The molecule has 0 amide bonds. The normalized spacial score (nSPS) is 15.1. The molecule has 0 saturated carbocycles. The second-order valence-corrected chi connectivity index (χ2v) is 5.50. The quantitative estimate of drug-likeness (QED) is 0.601. The van der Waals surface area contributed by atoms with E-state index in [9.17, 15) is 0 Å². The molecule has 0 aliphatic heterocycles. The average Bonchev–Trinajstić information content (AvgIpc) is 2.00. The Hall–Kier alpha value is -0.590. The smallest absolute Gasteiger partial charge is 0.0349 e. The van der Waals surface area contributed by atoms with Crippen molar-refractivity contribution in [3.63, 3.8) is 0 Å². The van der Waals surface area contributed by atoms with Crippen molar-refractivity contribution >= 4 is 5.71 Å². The maximum Gasteiger partial charge on any atom is 0.0349 e. The van der Waals surface area contributed by atoms with E-state index in [-0.39, 0.29) is 0 Å². The Morgan fingerprint density at radius 2 is 1.79 bits per heavy atom. The van der Waals surface area contributed by atoms with Gasteiger partial charge >= 0.3 is 0 Å². The zero-order valence-electron chi connectivity index (χ0n) is 10.8. The van der Waals surface area contributed by atoms with Crippen LogP contribution in [-0.4, -0.2) is 12.8 Å². The predicted molar refractivity (Wildman–Crippen MR) is 66.0 cm³/mol. The highest BCUT2D eigenvalue weighted by Crippen LogP contribution is 2.21. The summed E-state index contributed by atoms with van der Waals surface area (Å²) in [5, 5.41) is 0. The second kappa shape index (κ2) is 5.33. The van der Waals surface area contributed by atoms with Gasteiger partial charge in [-0.15, -0.1) is 0 Å². The Kier molecular flexibility index (Phi) is 5.11. The molecule has 0 N–H and O–H groups in total. The summed E-state index contributed by atoms with van der Waals surface area (Å²) in [5.41, 5.74) is 2.95. The molecule has 0 fully saturated rings. The molecule has 0 saturated heterocycles. The van der Waals surface area contributed by atoms with Crippen LogP contribution in [0.25, 0.3) is 0 Å². The van der Waals surface area contributed by atoms with E-state index in [1.807, 2.05) is 7.05 Å². The van der Waals surface area contributed by atoms with E-state index < -0.39 is 0 Å². The highest BCUT2D eigenvalue weighted by atomic mass is 14.7. The third kappa shape index (κ3) is 5.95. The van der Waals surface area contributed by atoms with E-state index in [4.69, 9.17) is 0 Å². The monoisotopic (exact) mass is 195 g/mol. The summed E-state index contributed by atoms with van der Waals surface area (Å²) >= 11 is 0. The zero-order chi connectivity index (χ0) is 11.4. The molecule has 0 radical (unpaired) electrons. The lowest BCUT2D eigenvalue weighted by atomic mass is 9.88. The summed E-state index contributed by atoms with van der Waals surface area (Å²) in [6, 6.07) is 0. The highest BCUT2D eigenvalue weighted by Gasteiger charge is 2.12. The van der Waals surface area contributed by atoms with Crippen LogP contribution in [0.2, 0.25) is 0 Å². The summed E-state index contributed by atoms with van der Waals surface area (Å²) in [4.78, 5) is 4.34. The molecule has 1 nitrogen and oxygen atoms in total. The Morgan fingerprint density at radius 1 is 1.29 bits per heavy atom. The topological polar surface area (TPSA) is 12.4 Å². The molecular weight excluding hydrogens is 170 g/mol. The summed E-state index contributed by atoms with van der Waals surface area (Å²) in [7, 11) is 1.88. The van der Waals surface area contributed by atoms with Crippen LogP contribution in [0.1, 0.15) is 48.0 Å². The van der Waals surface area contributed by atoms with E-state index in [1.54, 1.807) is 0 Å². The van der Waals surface area contributed by atoms with Crippen molar-refractivity contribution in [2.75, 3.05) is 7.05 Å². The number of aliphatic imine (C=N–C) groups is 1. The SMILES string of the molecule is C/N=C(\C=C(/C)C(C)C)CC(C)(C)C. The molecule has 82 valence electrons. The van der Waals surface area contributed by atoms with E-state index in [1.165, 1.54) is 11.3 Å². The molecule has 0 heterocycles. The van der Waals surface area contributed by atoms with E-state index in [2.05, 4.69) is 52.6 Å². The fraction of sp³-hybridized carbons (Fsp3) is 0.769. The largest absolute Gasteiger partial charge is 0.293 e. The van der Waals surface area contributed by atoms with Gasteiger partial charge in [0, 0.05) is 12.8 Å². The maximum atomic E-state index is 4.34. The van der Waals surface area contributed by atoms with Gasteiger partial charge in [-0.2, -0.15) is 0 Å². The predicted octanol–water partition coefficient (Wildman–Crippen LogP) is 4.10. The minimum atomic E-state index is 0.322. The van der Waals surface area contributed by atoms with Crippen molar-refractivity contribution in [1.29, 1.82) is 0 Å². The molecule has 14 heavy (non-hydrogen) atoms. The van der Waals surface area contributed by atoms with Crippen molar-refractivity contribution < 1.29 is 0 Å². The first-order valence-electron chi connectivity index (χ1n) is 5.40. The molecule has 0 aromatic heterocycles. The molecule has 0 rings (SSSR count). The summed E-state index contributed by atoms with van der Waals surface area (Å²) in [5.74, 6) is 0.617. The van der Waals surface area contributed by atoms with Crippen LogP contribution in [0.3, 0.4) is 0 Å². The van der Waals surface area contributed by atoms with Gasteiger partial charge in [0.05, 0.1) is 0 Å². The fourth-order valence-electron chi connectivity index (χ4n) is 1.17. The lowest BCUT2D eigenvalue weighted by Crippen LogP contribution is -2.12.